The molecule has 0 saturated carbocycles. The molecule has 2 heteroatoms. The van der Waals surface area contributed by atoms with Crippen LogP contribution in [0.2, 0.25) is 0 Å². The third kappa shape index (κ3) is 5.09. The molecule has 0 aliphatic heterocycles. The Morgan fingerprint density at radius 3 is 2.28 bits per heavy atom. The Balaban J connectivity index is 2.61. The van der Waals surface area contributed by atoms with Crippen molar-refractivity contribution in [3.05, 3.63) is 29.8 Å². The molecule has 0 spiro atoms. The van der Waals surface area contributed by atoms with E-state index in [4.69, 9.17) is 4.74 Å². The molecule has 0 fully saturated rings. The van der Waals surface area contributed by atoms with Crippen LogP contribution >= 0.6 is 0 Å². The van der Waals surface area contributed by atoms with Crippen molar-refractivity contribution in [2.75, 3.05) is 13.2 Å². The number of benzene rings is 1. The smallest absolute Gasteiger partial charge is 0.119 e. The molecule has 1 unspecified atom stereocenters. The van der Waals surface area contributed by atoms with Gasteiger partial charge in [-0.25, -0.2) is 0 Å². The minimum absolute atomic E-state index is 0.482. The SMILES string of the molecule is CCCNC(CCC)c1ccc(OCCC)cc1. The fourth-order valence-corrected chi connectivity index (χ4v) is 2.01. The van der Waals surface area contributed by atoms with Gasteiger partial charge in [-0.15, -0.1) is 0 Å². The number of nitrogens with one attached hydrogen (secondary N) is 1. The van der Waals surface area contributed by atoms with Crippen LogP contribution in [0.15, 0.2) is 24.3 Å². The van der Waals surface area contributed by atoms with E-state index in [2.05, 4.69) is 50.4 Å². The molecule has 1 atom stereocenters. The molecular weight excluding hydrogens is 222 g/mol. The Morgan fingerprint density at radius 2 is 1.72 bits per heavy atom. The van der Waals surface area contributed by atoms with Gasteiger partial charge in [-0.3, -0.25) is 0 Å². The molecule has 2 nitrogen and oxygen atoms in total. The zero-order chi connectivity index (χ0) is 13.2. The maximum Gasteiger partial charge on any atom is 0.119 e. The predicted octanol–water partition coefficient (Wildman–Crippen LogP) is 4.32. The highest BCUT2D eigenvalue weighted by molar-refractivity contribution is 5.29. The highest BCUT2D eigenvalue weighted by Crippen LogP contribution is 2.21. The Morgan fingerprint density at radius 1 is 1.00 bits per heavy atom. The molecule has 1 aromatic rings. The van der Waals surface area contributed by atoms with Crippen LogP contribution in [0.25, 0.3) is 0 Å². The fourth-order valence-electron chi connectivity index (χ4n) is 2.01. The normalized spacial score (nSPS) is 12.4. The first-order valence-electron chi connectivity index (χ1n) is 7.27. The van der Waals surface area contributed by atoms with Crippen LogP contribution in [0.3, 0.4) is 0 Å². The molecule has 1 aromatic carbocycles. The molecule has 0 aliphatic rings. The van der Waals surface area contributed by atoms with E-state index in [1.165, 1.54) is 24.8 Å². The molecule has 1 rings (SSSR count). The van der Waals surface area contributed by atoms with Gasteiger partial charge in [0.25, 0.3) is 0 Å². The highest BCUT2D eigenvalue weighted by atomic mass is 16.5. The quantitative estimate of drug-likeness (QED) is 0.704. The van der Waals surface area contributed by atoms with Gasteiger partial charge >= 0.3 is 0 Å². The lowest BCUT2D eigenvalue weighted by Crippen LogP contribution is -2.21. The van der Waals surface area contributed by atoms with Crippen molar-refractivity contribution in [1.82, 2.24) is 5.32 Å². The summed E-state index contributed by atoms with van der Waals surface area (Å²) < 4.78 is 5.61. The summed E-state index contributed by atoms with van der Waals surface area (Å²) in [6.45, 7) is 8.45. The van der Waals surface area contributed by atoms with E-state index < -0.39 is 0 Å². The fraction of sp³-hybridized carbons (Fsp3) is 0.625. The number of ether oxygens (including phenoxy) is 1. The molecule has 0 aliphatic carbocycles. The van der Waals surface area contributed by atoms with Crippen molar-refractivity contribution in [1.29, 1.82) is 0 Å². The van der Waals surface area contributed by atoms with Crippen molar-refractivity contribution in [2.45, 2.75) is 52.5 Å². The monoisotopic (exact) mass is 249 g/mol. The molecule has 102 valence electrons. The van der Waals surface area contributed by atoms with E-state index in [-0.39, 0.29) is 0 Å². The summed E-state index contributed by atoms with van der Waals surface area (Å²) in [4.78, 5) is 0. The first-order valence-corrected chi connectivity index (χ1v) is 7.27. The number of hydrogen-bond donors (Lipinski definition) is 1. The van der Waals surface area contributed by atoms with E-state index in [9.17, 15) is 0 Å². The summed E-state index contributed by atoms with van der Waals surface area (Å²) in [5, 5.41) is 3.61. The van der Waals surface area contributed by atoms with Gasteiger partial charge in [0.05, 0.1) is 6.61 Å². The van der Waals surface area contributed by atoms with E-state index >= 15 is 0 Å². The van der Waals surface area contributed by atoms with E-state index in [1.54, 1.807) is 0 Å². The molecule has 1 N–H and O–H groups in total. The van der Waals surface area contributed by atoms with Gasteiger partial charge < -0.3 is 10.1 Å². The van der Waals surface area contributed by atoms with Crippen LogP contribution in [-0.2, 0) is 0 Å². The Kier molecular flexibility index (Phi) is 7.51. The minimum atomic E-state index is 0.482. The van der Waals surface area contributed by atoms with Gasteiger partial charge in [-0.05, 0) is 43.5 Å². The first-order chi connectivity index (χ1) is 8.81. The minimum Gasteiger partial charge on any atom is -0.494 e. The van der Waals surface area contributed by atoms with Gasteiger partial charge in [0.1, 0.15) is 5.75 Å². The van der Waals surface area contributed by atoms with Crippen LogP contribution < -0.4 is 10.1 Å². The zero-order valence-electron chi connectivity index (χ0n) is 12.0. The van der Waals surface area contributed by atoms with Crippen LogP contribution in [0.1, 0.15) is 58.1 Å². The molecule has 18 heavy (non-hydrogen) atoms. The average Bonchev–Trinajstić information content (AvgIpc) is 2.42. The Hall–Kier alpha value is -1.02. The second kappa shape index (κ2) is 8.98. The lowest BCUT2D eigenvalue weighted by Gasteiger charge is -2.18. The zero-order valence-corrected chi connectivity index (χ0v) is 12.0. The van der Waals surface area contributed by atoms with E-state index in [0.29, 0.717) is 6.04 Å². The topological polar surface area (TPSA) is 21.3 Å². The number of rotatable bonds is 9. The summed E-state index contributed by atoms with van der Waals surface area (Å²) in [7, 11) is 0. The average molecular weight is 249 g/mol. The molecular formula is C16H27NO. The van der Waals surface area contributed by atoms with Crippen molar-refractivity contribution in [3.8, 4) is 5.75 Å². The summed E-state index contributed by atoms with van der Waals surface area (Å²) in [6, 6.07) is 9.03. The molecule has 0 amide bonds. The van der Waals surface area contributed by atoms with Crippen molar-refractivity contribution < 1.29 is 4.74 Å². The standard InChI is InChI=1S/C16H27NO/c1-4-7-16(17-12-5-2)14-8-10-15(11-9-14)18-13-6-3/h8-11,16-17H,4-7,12-13H2,1-3H3. The lowest BCUT2D eigenvalue weighted by atomic mass is 10.0. The second-order valence-electron chi connectivity index (χ2n) is 4.71. The van der Waals surface area contributed by atoms with Gasteiger partial charge in [0, 0.05) is 6.04 Å². The van der Waals surface area contributed by atoms with Gasteiger partial charge in [0.2, 0.25) is 0 Å². The third-order valence-corrected chi connectivity index (χ3v) is 2.97. The first kappa shape index (κ1) is 15.0. The number of hydrogen-bond acceptors (Lipinski definition) is 2. The summed E-state index contributed by atoms with van der Waals surface area (Å²) in [5.41, 5.74) is 1.37. The molecule has 0 bridgehead atoms. The Bertz CT molecular complexity index is 307. The highest BCUT2D eigenvalue weighted by Gasteiger charge is 2.09. The van der Waals surface area contributed by atoms with Crippen LogP contribution in [0.5, 0.6) is 5.75 Å². The van der Waals surface area contributed by atoms with Crippen LogP contribution in [0.4, 0.5) is 0 Å². The summed E-state index contributed by atoms with van der Waals surface area (Å²) in [5.74, 6) is 0.978. The molecule has 0 saturated heterocycles. The van der Waals surface area contributed by atoms with Gasteiger partial charge in [0.15, 0.2) is 0 Å². The maximum atomic E-state index is 5.61. The van der Waals surface area contributed by atoms with Crippen molar-refractivity contribution >= 4 is 0 Å². The van der Waals surface area contributed by atoms with Crippen molar-refractivity contribution in [2.24, 2.45) is 0 Å². The molecule has 0 aromatic heterocycles. The van der Waals surface area contributed by atoms with E-state index in [1.807, 2.05) is 0 Å². The molecule has 0 heterocycles. The van der Waals surface area contributed by atoms with Crippen molar-refractivity contribution in [3.63, 3.8) is 0 Å². The van der Waals surface area contributed by atoms with Gasteiger partial charge in [-0.1, -0.05) is 39.3 Å². The van der Waals surface area contributed by atoms with Crippen LogP contribution in [-0.4, -0.2) is 13.2 Å². The lowest BCUT2D eigenvalue weighted by molar-refractivity contribution is 0.317. The summed E-state index contributed by atoms with van der Waals surface area (Å²) >= 11 is 0. The molecule has 0 radical (unpaired) electrons. The maximum absolute atomic E-state index is 5.61. The van der Waals surface area contributed by atoms with Crippen LogP contribution in [0, 0.1) is 0 Å². The van der Waals surface area contributed by atoms with E-state index in [0.717, 1.165) is 25.3 Å². The van der Waals surface area contributed by atoms with Gasteiger partial charge in [-0.2, -0.15) is 0 Å². The second-order valence-corrected chi connectivity index (χ2v) is 4.71. The predicted molar refractivity (Wildman–Crippen MR) is 78.2 cm³/mol. The largest absolute Gasteiger partial charge is 0.494 e. The Labute approximate surface area is 112 Å². The summed E-state index contributed by atoms with van der Waals surface area (Å²) in [6.07, 6.45) is 4.63. The third-order valence-electron chi connectivity index (χ3n) is 2.97.